The van der Waals surface area contributed by atoms with Gasteiger partial charge in [-0.05, 0) is 61.6 Å². The Hall–Kier alpha value is -3.14. The van der Waals surface area contributed by atoms with Crippen LogP contribution in [0.1, 0.15) is 43.0 Å². The van der Waals surface area contributed by atoms with Crippen LogP contribution < -0.4 is 15.8 Å². The molecule has 1 amide bonds. The highest BCUT2D eigenvalue weighted by molar-refractivity contribution is 7.18. The van der Waals surface area contributed by atoms with Crippen molar-refractivity contribution < 1.29 is 9.53 Å². The normalized spacial score (nSPS) is 14.9. The third-order valence-electron chi connectivity index (χ3n) is 5.31. The molecule has 5 nitrogen and oxygen atoms in total. The third-order valence-corrected chi connectivity index (χ3v) is 6.39. The van der Waals surface area contributed by atoms with E-state index in [4.69, 9.17) is 16.9 Å². The van der Waals surface area contributed by atoms with Gasteiger partial charge in [0, 0.05) is 11.8 Å². The average Bonchev–Trinajstić information content (AvgIpc) is 3.41. The number of ether oxygens (including phenoxy) is 1. The van der Waals surface area contributed by atoms with Gasteiger partial charge in [0.25, 0.3) is 0 Å². The number of hydrogen-bond acceptors (Lipinski definition) is 5. The molecule has 0 spiro atoms. The summed E-state index contributed by atoms with van der Waals surface area (Å²) in [5.41, 5.74) is 10.8. The molecule has 6 heteroatoms. The number of fused-ring (bicyclic) bond motifs is 1. The van der Waals surface area contributed by atoms with E-state index in [2.05, 4.69) is 28.4 Å². The van der Waals surface area contributed by atoms with Crippen molar-refractivity contribution in [2.75, 3.05) is 6.54 Å². The Morgan fingerprint density at radius 2 is 2.23 bits per heavy atom. The van der Waals surface area contributed by atoms with Crippen molar-refractivity contribution in [2.45, 2.75) is 38.8 Å². The lowest BCUT2D eigenvalue weighted by atomic mass is 10.0. The molecular formula is C25H25N3O2S. The van der Waals surface area contributed by atoms with Gasteiger partial charge in [0.15, 0.2) is 0 Å². The highest BCUT2D eigenvalue weighted by Crippen LogP contribution is 2.41. The van der Waals surface area contributed by atoms with E-state index < -0.39 is 0 Å². The van der Waals surface area contributed by atoms with Crippen LogP contribution in [0.4, 0.5) is 0 Å². The second-order valence-electron chi connectivity index (χ2n) is 7.79. The number of carbonyl (C=O) groups excluding carboxylic acids is 1. The van der Waals surface area contributed by atoms with Crippen molar-refractivity contribution in [3.05, 3.63) is 59.3 Å². The predicted molar refractivity (Wildman–Crippen MR) is 125 cm³/mol. The monoisotopic (exact) mass is 431 g/mol. The van der Waals surface area contributed by atoms with E-state index in [0.29, 0.717) is 5.75 Å². The molecule has 0 saturated carbocycles. The minimum atomic E-state index is -0.127. The molecule has 0 radical (unpaired) electrons. The number of hydrogen-bond donors (Lipinski definition) is 2. The second kappa shape index (κ2) is 8.93. The van der Waals surface area contributed by atoms with Gasteiger partial charge in [0.1, 0.15) is 10.8 Å². The highest BCUT2D eigenvalue weighted by Gasteiger charge is 2.26. The molecule has 3 aromatic rings. The summed E-state index contributed by atoms with van der Waals surface area (Å²) in [6, 6.07) is 12.1. The van der Waals surface area contributed by atoms with Gasteiger partial charge in [-0.25, -0.2) is 4.98 Å². The number of aromatic nitrogens is 1. The van der Waals surface area contributed by atoms with E-state index in [1.54, 1.807) is 11.3 Å². The standard InChI is InChI=1S/C25H25N3O2S/c1-4-16-12-17(8-11-22(16)30-15(2)3)25-27-14-23(31-25)20-7-5-6-19-18(20)9-10-21(19)28-24(29)13-26/h1,5-8,11-12,14-15,21H,9-10,13,26H2,2-3H3,(H,28,29). The molecule has 1 unspecified atom stereocenters. The van der Waals surface area contributed by atoms with Crippen LogP contribution in [-0.2, 0) is 11.2 Å². The summed E-state index contributed by atoms with van der Waals surface area (Å²) in [5.74, 6) is 3.30. The van der Waals surface area contributed by atoms with Crippen LogP contribution in [0.15, 0.2) is 42.6 Å². The maximum absolute atomic E-state index is 11.8. The molecule has 2 aromatic carbocycles. The molecule has 1 atom stereocenters. The van der Waals surface area contributed by atoms with Crippen LogP contribution in [0.25, 0.3) is 21.0 Å². The number of amides is 1. The minimum absolute atomic E-state index is 0.00434. The third kappa shape index (κ3) is 4.34. The number of nitrogens with zero attached hydrogens (tertiary/aromatic N) is 1. The van der Waals surface area contributed by atoms with Crippen molar-refractivity contribution in [3.63, 3.8) is 0 Å². The summed E-state index contributed by atoms with van der Waals surface area (Å²) in [4.78, 5) is 17.5. The summed E-state index contributed by atoms with van der Waals surface area (Å²) < 4.78 is 5.80. The SMILES string of the molecule is C#Cc1cc(-c2ncc(-c3cccc4c3CCC4NC(=O)CN)s2)ccc1OC(C)C. The van der Waals surface area contributed by atoms with E-state index >= 15 is 0 Å². The molecule has 0 saturated heterocycles. The van der Waals surface area contributed by atoms with Gasteiger partial charge in [0.05, 0.1) is 29.1 Å². The molecule has 0 fully saturated rings. The van der Waals surface area contributed by atoms with Crippen LogP contribution in [0, 0.1) is 12.3 Å². The topological polar surface area (TPSA) is 77.2 Å². The van der Waals surface area contributed by atoms with E-state index in [0.717, 1.165) is 33.9 Å². The molecule has 0 bridgehead atoms. The molecule has 1 aliphatic carbocycles. The lowest BCUT2D eigenvalue weighted by Gasteiger charge is -2.14. The summed E-state index contributed by atoms with van der Waals surface area (Å²) in [7, 11) is 0. The molecule has 1 aliphatic rings. The minimum Gasteiger partial charge on any atom is -0.490 e. The first kappa shape index (κ1) is 21.1. The van der Waals surface area contributed by atoms with Gasteiger partial charge in [-0.3, -0.25) is 4.79 Å². The Morgan fingerprint density at radius 1 is 1.39 bits per heavy atom. The van der Waals surface area contributed by atoms with Gasteiger partial charge in [-0.15, -0.1) is 17.8 Å². The van der Waals surface area contributed by atoms with E-state index in [1.807, 2.05) is 44.3 Å². The number of terminal acetylenes is 1. The Bertz CT molecular complexity index is 1160. The van der Waals surface area contributed by atoms with E-state index in [1.165, 1.54) is 16.7 Å². The quantitative estimate of drug-likeness (QED) is 0.570. The number of nitrogens with one attached hydrogen (secondary N) is 1. The van der Waals surface area contributed by atoms with Crippen LogP contribution >= 0.6 is 11.3 Å². The molecule has 1 heterocycles. The largest absolute Gasteiger partial charge is 0.490 e. The lowest BCUT2D eigenvalue weighted by molar-refractivity contribution is -0.120. The van der Waals surface area contributed by atoms with Crippen molar-refractivity contribution in [1.82, 2.24) is 10.3 Å². The number of thiazole rings is 1. The molecule has 1 aromatic heterocycles. The predicted octanol–water partition coefficient (Wildman–Crippen LogP) is 4.31. The van der Waals surface area contributed by atoms with Gasteiger partial charge in [-0.2, -0.15) is 0 Å². The number of nitrogens with two attached hydrogens (primary N) is 1. The maximum Gasteiger partial charge on any atom is 0.234 e. The van der Waals surface area contributed by atoms with Crippen molar-refractivity contribution in [1.29, 1.82) is 0 Å². The van der Waals surface area contributed by atoms with Gasteiger partial charge in [0.2, 0.25) is 5.91 Å². The van der Waals surface area contributed by atoms with Gasteiger partial charge < -0.3 is 15.8 Å². The zero-order valence-electron chi connectivity index (χ0n) is 17.6. The van der Waals surface area contributed by atoms with Crippen LogP contribution in [0.2, 0.25) is 0 Å². The lowest BCUT2D eigenvalue weighted by Crippen LogP contribution is -2.32. The van der Waals surface area contributed by atoms with Crippen molar-refractivity contribution in [3.8, 4) is 39.1 Å². The van der Waals surface area contributed by atoms with Crippen molar-refractivity contribution in [2.24, 2.45) is 5.73 Å². The molecule has 0 aliphatic heterocycles. The fraction of sp³-hybridized carbons (Fsp3) is 0.280. The Balaban J connectivity index is 1.64. The first-order valence-corrected chi connectivity index (χ1v) is 11.2. The summed E-state index contributed by atoms with van der Waals surface area (Å²) >= 11 is 1.64. The fourth-order valence-corrected chi connectivity index (χ4v) is 4.92. The Labute approximate surface area is 186 Å². The number of benzene rings is 2. The Morgan fingerprint density at radius 3 is 2.97 bits per heavy atom. The summed E-state index contributed by atoms with van der Waals surface area (Å²) in [6.07, 6.45) is 9.47. The second-order valence-corrected chi connectivity index (χ2v) is 8.82. The fourth-order valence-electron chi connectivity index (χ4n) is 3.95. The van der Waals surface area contributed by atoms with Gasteiger partial charge in [-0.1, -0.05) is 24.1 Å². The average molecular weight is 432 g/mol. The zero-order chi connectivity index (χ0) is 22.0. The zero-order valence-corrected chi connectivity index (χ0v) is 18.5. The van der Waals surface area contributed by atoms with Crippen LogP contribution in [0.5, 0.6) is 5.75 Å². The summed E-state index contributed by atoms with van der Waals surface area (Å²) in [5, 5.41) is 3.93. The molecule has 158 valence electrons. The number of carbonyl (C=O) groups is 1. The first-order chi connectivity index (χ1) is 15.0. The summed E-state index contributed by atoms with van der Waals surface area (Å²) in [6.45, 7) is 3.96. The van der Waals surface area contributed by atoms with E-state index in [-0.39, 0.29) is 24.6 Å². The highest BCUT2D eigenvalue weighted by atomic mass is 32.1. The van der Waals surface area contributed by atoms with Crippen LogP contribution in [-0.4, -0.2) is 23.5 Å². The smallest absolute Gasteiger partial charge is 0.234 e. The van der Waals surface area contributed by atoms with Crippen molar-refractivity contribution >= 4 is 17.2 Å². The number of rotatable bonds is 6. The van der Waals surface area contributed by atoms with Crippen LogP contribution in [0.3, 0.4) is 0 Å². The van der Waals surface area contributed by atoms with Gasteiger partial charge >= 0.3 is 0 Å². The molecule has 3 N–H and O–H groups in total. The molecule has 4 rings (SSSR count). The Kier molecular flexibility index (Phi) is 6.08. The van der Waals surface area contributed by atoms with E-state index in [9.17, 15) is 4.79 Å². The first-order valence-electron chi connectivity index (χ1n) is 10.3. The molecule has 31 heavy (non-hydrogen) atoms. The molecular weight excluding hydrogens is 406 g/mol. The maximum atomic E-state index is 11.8.